The molecule has 2 rings (SSSR count). The summed E-state index contributed by atoms with van der Waals surface area (Å²) >= 11 is 1.27. The maximum Gasteiger partial charge on any atom is 0.296 e. The Labute approximate surface area is 121 Å². The number of rotatable bonds is 4. The Kier molecular flexibility index (Phi) is 4.39. The Morgan fingerprint density at radius 2 is 2.10 bits per heavy atom. The molecule has 104 valence electrons. The SMILES string of the molecule is CC(=O)SCCC=Cc1c(C)ccc2c1C(=O)C(=O)N2. The van der Waals surface area contributed by atoms with E-state index < -0.39 is 11.7 Å². The molecule has 0 aliphatic carbocycles. The standard InChI is InChI=1S/C15H15NO3S/c1-9-6-7-12-13(14(18)15(19)16-12)11(9)5-3-4-8-20-10(2)17/h3,5-7H,4,8H2,1-2H3,(H,16,18,19). The highest BCUT2D eigenvalue weighted by atomic mass is 32.2. The Hall–Kier alpha value is -1.88. The summed E-state index contributed by atoms with van der Waals surface area (Å²) < 4.78 is 0. The summed E-state index contributed by atoms with van der Waals surface area (Å²) in [5.41, 5.74) is 2.75. The van der Waals surface area contributed by atoms with Gasteiger partial charge in [-0.1, -0.05) is 30.0 Å². The van der Waals surface area contributed by atoms with Gasteiger partial charge >= 0.3 is 0 Å². The summed E-state index contributed by atoms with van der Waals surface area (Å²) in [7, 11) is 0. The van der Waals surface area contributed by atoms with Crippen LogP contribution in [0.5, 0.6) is 0 Å². The van der Waals surface area contributed by atoms with Crippen LogP contribution in [0, 0.1) is 6.92 Å². The number of allylic oxidation sites excluding steroid dienone is 1. The number of aryl methyl sites for hydroxylation is 1. The monoisotopic (exact) mass is 289 g/mol. The zero-order valence-corrected chi connectivity index (χ0v) is 12.2. The van der Waals surface area contributed by atoms with Gasteiger partial charge in [0.15, 0.2) is 5.12 Å². The van der Waals surface area contributed by atoms with Crippen molar-refractivity contribution in [2.24, 2.45) is 0 Å². The van der Waals surface area contributed by atoms with E-state index in [0.717, 1.165) is 17.5 Å². The molecular formula is C15H15NO3S. The van der Waals surface area contributed by atoms with Crippen LogP contribution in [0.3, 0.4) is 0 Å². The number of carbonyl (C=O) groups excluding carboxylic acids is 3. The minimum atomic E-state index is -0.576. The van der Waals surface area contributed by atoms with E-state index in [1.165, 1.54) is 11.8 Å². The zero-order chi connectivity index (χ0) is 14.7. The maximum absolute atomic E-state index is 11.9. The molecular weight excluding hydrogens is 274 g/mol. The van der Waals surface area contributed by atoms with Gasteiger partial charge in [-0.15, -0.1) is 0 Å². The summed E-state index contributed by atoms with van der Waals surface area (Å²) in [5.74, 6) is -0.348. The van der Waals surface area contributed by atoms with Crippen LogP contribution in [0.1, 0.15) is 34.8 Å². The van der Waals surface area contributed by atoms with Crippen LogP contribution >= 0.6 is 11.8 Å². The van der Waals surface area contributed by atoms with Crippen molar-refractivity contribution in [2.45, 2.75) is 20.3 Å². The average Bonchev–Trinajstić information content (AvgIpc) is 2.67. The lowest BCUT2D eigenvalue weighted by molar-refractivity contribution is -0.112. The van der Waals surface area contributed by atoms with Gasteiger partial charge in [0.05, 0.1) is 11.3 Å². The number of hydrogen-bond donors (Lipinski definition) is 1. The molecule has 1 aromatic rings. The van der Waals surface area contributed by atoms with Gasteiger partial charge in [0.1, 0.15) is 0 Å². The van der Waals surface area contributed by atoms with E-state index in [1.54, 1.807) is 13.0 Å². The molecule has 0 spiro atoms. The molecule has 0 bridgehead atoms. The van der Waals surface area contributed by atoms with Gasteiger partial charge in [0.25, 0.3) is 11.7 Å². The Bertz CT molecular complexity index is 620. The van der Waals surface area contributed by atoms with Crippen LogP contribution in [0.2, 0.25) is 0 Å². The number of amides is 1. The lowest BCUT2D eigenvalue weighted by Gasteiger charge is -2.05. The molecule has 20 heavy (non-hydrogen) atoms. The van der Waals surface area contributed by atoms with E-state index in [2.05, 4.69) is 5.32 Å². The lowest BCUT2D eigenvalue weighted by atomic mass is 9.98. The van der Waals surface area contributed by atoms with Crippen molar-refractivity contribution in [3.05, 3.63) is 34.9 Å². The normalized spacial score (nSPS) is 13.7. The summed E-state index contributed by atoms with van der Waals surface area (Å²) in [6.07, 6.45) is 4.52. The van der Waals surface area contributed by atoms with E-state index in [0.29, 0.717) is 17.0 Å². The predicted molar refractivity (Wildman–Crippen MR) is 80.9 cm³/mol. The van der Waals surface area contributed by atoms with Crippen molar-refractivity contribution in [1.29, 1.82) is 0 Å². The minimum Gasteiger partial charge on any atom is -0.318 e. The largest absolute Gasteiger partial charge is 0.318 e. The number of anilines is 1. The molecule has 1 aromatic carbocycles. The average molecular weight is 289 g/mol. The molecule has 1 aliphatic heterocycles. The van der Waals surface area contributed by atoms with Gasteiger partial charge in [-0.2, -0.15) is 0 Å². The van der Waals surface area contributed by atoms with Crippen LogP contribution in [-0.2, 0) is 9.59 Å². The molecule has 0 radical (unpaired) electrons. The third-order valence-corrected chi connectivity index (χ3v) is 3.87. The van der Waals surface area contributed by atoms with Crippen molar-refractivity contribution >= 4 is 40.3 Å². The number of carbonyl (C=O) groups is 3. The fraction of sp³-hybridized carbons (Fsp3) is 0.267. The van der Waals surface area contributed by atoms with Gasteiger partial charge in [0, 0.05) is 12.7 Å². The van der Waals surface area contributed by atoms with E-state index in [9.17, 15) is 14.4 Å². The zero-order valence-electron chi connectivity index (χ0n) is 11.4. The molecule has 1 amide bonds. The minimum absolute atomic E-state index is 0.0974. The van der Waals surface area contributed by atoms with Crippen molar-refractivity contribution < 1.29 is 14.4 Å². The van der Waals surface area contributed by atoms with Crippen molar-refractivity contribution in [2.75, 3.05) is 11.1 Å². The first kappa shape index (κ1) is 14.5. The fourth-order valence-electron chi connectivity index (χ4n) is 2.05. The highest BCUT2D eigenvalue weighted by Crippen LogP contribution is 2.29. The van der Waals surface area contributed by atoms with Crippen molar-refractivity contribution in [1.82, 2.24) is 0 Å². The second-order valence-electron chi connectivity index (χ2n) is 4.53. The Morgan fingerprint density at radius 3 is 2.80 bits per heavy atom. The summed E-state index contributed by atoms with van der Waals surface area (Å²) in [5, 5.41) is 2.66. The second-order valence-corrected chi connectivity index (χ2v) is 5.80. The second kappa shape index (κ2) is 6.05. The molecule has 1 N–H and O–H groups in total. The van der Waals surface area contributed by atoms with E-state index in [1.807, 2.05) is 25.1 Å². The number of nitrogens with one attached hydrogen (secondary N) is 1. The van der Waals surface area contributed by atoms with Crippen LogP contribution in [0.25, 0.3) is 6.08 Å². The van der Waals surface area contributed by atoms with Crippen molar-refractivity contribution in [3.8, 4) is 0 Å². The Balaban J connectivity index is 2.19. The van der Waals surface area contributed by atoms with Crippen LogP contribution in [0.4, 0.5) is 5.69 Å². The first-order valence-electron chi connectivity index (χ1n) is 6.30. The van der Waals surface area contributed by atoms with Gasteiger partial charge in [-0.25, -0.2) is 0 Å². The number of Topliss-reactive ketones (excluding diaryl/α,β-unsaturated/α-hetero) is 1. The van der Waals surface area contributed by atoms with E-state index >= 15 is 0 Å². The molecule has 0 fully saturated rings. The molecule has 0 unspecified atom stereocenters. The number of hydrogen-bond acceptors (Lipinski definition) is 4. The highest BCUT2D eigenvalue weighted by Gasteiger charge is 2.30. The maximum atomic E-state index is 11.9. The molecule has 0 saturated heterocycles. The predicted octanol–water partition coefficient (Wildman–Crippen LogP) is 2.81. The fourth-order valence-corrected chi connectivity index (χ4v) is 2.59. The van der Waals surface area contributed by atoms with E-state index in [-0.39, 0.29) is 5.12 Å². The molecule has 4 nitrogen and oxygen atoms in total. The molecule has 0 aromatic heterocycles. The van der Waals surface area contributed by atoms with Gasteiger partial charge < -0.3 is 5.32 Å². The third kappa shape index (κ3) is 2.99. The van der Waals surface area contributed by atoms with Gasteiger partial charge in [-0.05, 0) is 30.5 Å². The topological polar surface area (TPSA) is 63.2 Å². The van der Waals surface area contributed by atoms with Crippen molar-refractivity contribution in [3.63, 3.8) is 0 Å². The first-order valence-corrected chi connectivity index (χ1v) is 7.28. The smallest absolute Gasteiger partial charge is 0.296 e. The highest BCUT2D eigenvalue weighted by molar-refractivity contribution is 8.13. The molecule has 0 saturated carbocycles. The molecule has 1 heterocycles. The summed E-state index contributed by atoms with van der Waals surface area (Å²) in [4.78, 5) is 34.1. The summed E-state index contributed by atoms with van der Waals surface area (Å²) in [6.45, 7) is 3.44. The summed E-state index contributed by atoms with van der Waals surface area (Å²) in [6, 6.07) is 3.62. The Morgan fingerprint density at radius 1 is 1.35 bits per heavy atom. The number of thioether (sulfide) groups is 1. The molecule has 0 atom stereocenters. The molecule has 1 aliphatic rings. The first-order chi connectivity index (χ1) is 9.50. The van der Waals surface area contributed by atoms with Crippen LogP contribution in [-0.4, -0.2) is 22.6 Å². The number of benzene rings is 1. The molecule has 5 heteroatoms. The van der Waals surface area contributed by atoms with E-state index in [4.69, 9.17) is 0 Å². The number of ketones is 1. The van der Waals surface area contributed by atoms with Gasteiger partial charge in [0.2, 0.25) is 0 Å². The quantitative estimate of drug-likeness (QED) is 0.684. The van der Waals surface area contributed by atoms with Crippen LogP contribution < -0.4 is 5.32 Å². The lowest BCUT2D eigenvalue weighted by Crippen LogP contribution is -2.13. The van der Waals surface area contributed by atoms with Crippen LogP contribution in [0.15, 0.2) is 18.2 Å². The van der Waals surface area contributed by atoms with Gasteiger partial charge in [-0.3, -0.25) is 14.4 Å². The third-order valence-electron chi connectivity index (χ3n) is 3.02. The number of fused-ring (bicyclic) bond motifs is 1.